The van der Waals surface area contributed by atoms with Crippen LogP contribution >= 0.6 is 0 Å². The number of ether oxygens (including phenoxy) is 1. The first-order chi connectivity index (χ1) is 13.9. The molecule has 8 heteroatoms. The standard InChI is InChI=1S/C21H33N3O4S/c1-17(15-23-11-3-4-12-23)14-22-21(25)18-6-5-13-24(16-18)29(26,27)20-9-7-19(28-2)8-10-20/h7-10,17-18H,3-6,11-16H2,1-2H3,(H,22,25). The number of hydrogen-bond donors (Lipinski definition) is 1. The van der Waals surface area contributed by atoms with E-state index in [0.717, 1.165) is 26.1 Å². The molecular weight excluding hydrogens is 390 g/mol. The van der Waals surface area contributed by atoms with Gasteiger partial charge in [0.15, 0.2) is 0 Å². The highest BCUT2D eigenvalue weighted by Gasteiger charge is 2.33. The summed E-state index contributed by atoms with van der Waals surface area (Å²) in [5, 5.41) is 3.05. The van der Waals surface area contributed by atoms with Crippen molar-refractivity contribution in [3.8, 4) is 5.75 Å². The topological polar surface area (TPSA) is 79.0 Å². The summed E-state index contributed by atoms with van der Waals surface area (Å²) in [7, 11) is -2.06. The number of hydrogen-bond acceptors (Lipinski definition) is 5. The van der Waals surface area contributed by atoms with Crippen LogP contribution in [0, 0.1) is 11.8 Å². The summed E-state index contributed by atoms with van der Waals surface area (Å²) in [6.07, 6.45) is 3.94. The lowest BCUT2D eigenvalue weighted by molar-refractivity contribution is -0.126. The number of amides is 1. The van der Waals surface area contributed by atoms with Gasteiger partial charge in [0.2, 0.25) is 15.9 Å². The number of carbonyl (C=O) groups is 1. The van der Waals surface area contributed by atoms with Crippen LogP contribution in [0.25, 0.3) is 0 Å². The molecule has 2 unspecified atom stereocenters. The number of rotatable bonds is 8. The van der Waals surface area contributed by atoms with E-state index in [9.17, 15) is 13.2 Å². The van der Waals surface area contributed by atoms with Gasteiger partial charge in [-0.05, 0) is 69.0 Å². The largest absolute Gasteiger partial charge is 0.497 e. The molecule has 0 spiro atoms. The molecule has 1 aromatic rings. The van der Waals surface area contributed by atoms with E-state index in [0.29, 0.717) is 31.2 Å². The van der Waals surface area contributed by atoms with E-state index in [-0.39, 0.29) is 23.3 Å². The monoisotopic (exact) mass is 423 g/mol. The number of piperidine rings is 1. The number of likely N-dealkylation sites (tertiary alicyclic amines) is 1. The summed E-state index contributed by atoms with van der Waals surface area (Å²) in [6.45, 7) is 6.78. The van der Waals surface area contributed by atoms with Crippen LogP contribution in [0.15, 0.2) is 29.2 Å². The maximum atomic E-state index is 13.0. The lowest BCUT2D eigenvalue weighted by Crippen LogP contribution is -2.46. The number of sulfonamides is 1. The lowest BCUT2D eigenvalue weighted by atomic mass is 9.98. The summed E-state index contributed by atoms with van der Waals surface area (Å²) >= 11 is 0. The molecule has 2 fully saturated rings. The van der Waals surface area contributed by atoms with Crippen LogP contribution in [0.3, 0.4) is 0 Å². The Hall–Kier alpha value is -1.64. The molecule has 0 aromatic heterocycles. The fraction of sp³-hybridized carbons (Fsp3) is 0.667. The molecule has 7 nitrogen and oxygen atoms in total. The zero-order chi connectivity index (χ0) is 20.9. The molecule has 0 saturated carbocycles. The Morgan fingerprint density at radius 2 is 1.86 bits per heavy atom. The maximum Gasteiger partial charge on any atom is 0.243 e. The van der Waals surface area contributed by atoms with Crippen LogP contribution < -0.4 is 10.1 Å². The maximum absolute atomic E-state index is 13.0. The van der Waals surface area contributed by atoms with Gasteiger partial charge in [0.25, 0.3) is 0 Å². The van der Waals surface area contributed by atoms with Crippen molar-refractivity contribution in [1.82, 2.24) is 14.5 Å². The second-order valence-corrected chi connectivity index (χ2v) is 10.2. The van der Waals surface area contributed by atoms with Crippen molar-refractivity contribution in [2.24, 2.45) is 11.8 Å². The number of nitrogens with zero attached hydrogens (tertiary/aromatic N) is 2. The van der Waals surface area contributed by atoms with Gasteiger partial charge in [-0.2, -0.15) is 4.31 Å². The second kappa shape index (κ2) is 9.91. The van der Waals surface area contributed by atoms with E-state index < -0.39 is 10.0 Å². The molecule has 2 aliphatic rings. The number of nitrogens with one attached hydrogen (secondary N) is 1. The van der Waals surface area contributed by atoms with Gasteiger partial charge >= 0.3 is 0 Å². The van der Waals surface area contributed by atoms with E-state index in [1.165, 1.54) is 17.1 Å². The van der Waals surface area contributed by atoms with E-state index in [1.54, 1.807) is 31.4 Å². The van der Waals surface area contributed by atoms with Crippen LogP contribution in [0.2, 0.25) is 0 Å². The van der Waals surface area contributed by atoms with E-state index in [4.69, 9.17) is 4.74 Å². The Kier molecular flexibility index (Phi) is 7.54. The summed E-state index contributed by atoms with van der Waals surface area (Å²) < 4.78 is 32.5. The second-order valence-electron chi connectivity index (χ2n) is 8.24. The smallest absolute Gasteiger partial charge is 0.243 e. The number of carbonyl (C=O) groups excluding carboxylic acids is 1. The first kappa shape index (κ1) is 22.1. The summed E-state index contributed by atoms with van der Waals surface area (Å²) in [6, 6.07) is 6.39. The third-order valence-electron chi connectivity index (χ3n) is 5.85. The van der Waals surface area contributed by atoms with E-state index >= 15 is 0 Å². The van der Waals surface area contributed by atoms with Crippen molar-refractivity contribution in [2.45, 2.75) is 37.5 Å². The molecule has 162 valence electrons. The van der Waals surface area contributed by atoms with Crippen molar-refractivity contribution < 1.29 is 17.9 Å². The highest BCUT2D eigenvalue weighted by Crippen LogP contribution is 2.25. The van der Waals surface area contributed by atoms with Crippen LogP contribution in [0.1, 0.15) is 32.6 Å². The molecule has 2 saturated heterocycles. The molecule has 1 N–H and O–H groups in total. The van der Waals surface area contributed by atoms with E-state index in [2.05, 4.69) is 17.1 Å². The molecule has 0 bridgehead atoms. The minimum Gasteiger partial charge on any atom is -0.497 e. The van der Waals surface area contributed by atoms with Crippen molar-refractivity contribution >= 4 is 15.9 Å². The fourth-order valence-corrected chi connectivity index (χ4v) is 5.69. The highest BCUT2D eigenvalue weighted by atomic mass is 32.2. The third kappa shape index (κ3) is 5.71. The Morgan fingerprint density at radius 1 is 1.17 bits per heavy atom. The Bertz CT molecular complexity index is 776. The van der Waals surface area contributed by atoms with Crippen LogP contribution in [0.5, 0.6) is 5.75 Å². The van der Waals surface area contributed by atoms with Crippen molar-refractivity contribution in [3.63, 3.8) is 0 Å². The van der Waals surface area contributed by atoms with Crippen molar-refractivity contribution in [3.05, 3.63) is 24.3 Å². The minimum absolute atomic E-state index is 0.0343. The normalized spacial score (nSPS) is 22.3. The predicted molar refractivity (Wildman–Crippen MR) is 112 cm³/mol. The molecule has 1 amide bonds. The summed E-state index contributed by atoms with van der Waals surface area (Å²) in [5.41, 5.74) is 0. The summed E-state index contributed by atoms with van der Waals surface area (Å²) in [5.74, 6) is 0.673. The lowest BCUT2D eigenvalue weighted by Gasteiger charge is -2.31. The SMILES string of the molecule is COc1ccc(S(=O)(=O)N2CCCC(C(=O)NCC(C)CN3CCCC3)C2)cc1. The van der Waals surface area contributed by atoms with Gasteiger partial charge in [0, 0.05) is 26.2 Å². The van der Waals surface area contributed by atoms with Gasteiger partial charge < -0.3 is 15.0 Å². The van der Waals surface area contributed by atoms with Crippen LogP contribution in [-0.2, 0) is 14.8 Å². The Balaban J connectivity index is 1.53. The molecule has 1 aromatic carbocycles. The van der Waals surface area contributed by atoms with Gasteiger partial charge in [-0.1, -0.05) is 6.92 Å². The van der Waals surface area contributed by atoms with Crippen molar-refractivity contribution in [1.29, 1.82) is 0 Å². The van der Waals surface area contributed by atoms with Gasteiger partial charge in [-0.15, -0.1) is 0 Å². The first-order valence-electron chi connectivity index (χ1n) is 10.5. The fourth-order valence-electron chi connectivity index (χ4n) is 4.16. The molecule has 0 aliphatic carbocycles. The Labute approximate surface area is 174 Å². The average molecular weight is 424 g/mol. The predicted octanol–water partition coefficient (Wildman–Crippen LogP) is 1.94. The quantitative estimate of drug-likeness (QED) is 0.691. The minimum atomic E-state index is -3.61. The molecule has 2 atom stereocenters. The Morgan fingerprint density at radius 3 is 2.52 bits per heavy atom. The molecule has 2 heterocycles. The van der Waals surface area contributed by atoms with Gasteiger partial charge in [-0.3, -0.25) is 4.79 Å². The number of methoxy groups -OCH3 is 1. The van der Waals surface area contributed by atoms with E-state index in [1.807, 2.05) is 0 Å². The zero-order valence-electron chi connectivity index (χ0n) is 17.5. The van der Waals surface area contributed by atoms with Gasteiger partial charge in [0.05, 0.1) is 17.9 Å². The molecular formula is C21H33N3O4S. The average Bonchev–Trinajstić information content (AvgIpc) is 3.25. The molecule has 0 radical (unpaired) electrons. The van der Waals surface area contributed by atoms with Gasteiger partial charge in [0.1, 0.15) is 5.75 Å². The highest BCUT2D eigenvalue weighted by molar-refractivity contribution is 7.89. The van der Waals surface area contributed by atoms with Crippen LogP contribution in [0.4, 0.5) is 0 Å². The zero-order valence-corrected chi connectivity index (χ0v) is 18.3. The summed E-state index contributed by atoms with van der Waals surface area (Å²) in [4.78, 5) is 15.3. The van der Waals surface area contributed by atoms with Crippen molar-refractivity contribution in [2.75, 3.05) is 46.4 Å². The van der Waals surface area contributed by atoms with Crippen LogP contribution in [-0.4, -0.2) is 69.9 Å². The third-order valence-corrected chi connectivity index (χ3v) is 7.72. The first-order valence-corrected chi connectivity index (χ1v) is 12.0. The van der Waals surface area contributed by atoms with Gasteiger partial charge in [-0.25, -0.2) is 8.42 Å². The molecule has 3 rings (SSSR count). The molecule has 2 aliphatic heterocycles. The number of benzene rings is 1. The molecule has 29 heavy (non-hydrogen) atoms.